The maximum Gasteiger partial charge on any atom is 0.240 e. The van der Waals surface area contributed by atoms with Crippen molar-refractivity contribution in [2.75, 3.05) is 26.2 Å². The molecule has 1 aliphatic heterocycles. The maximum atomic E-state index is 12.7. The predicted molar refractivity (Wildman–Crippen MR) is 120 cm³/mol. The van der Waals surface area contributed by atoms with Crippen LogP contribution in [0.5, 0.6) is 0 Å². The minimum Gasteiger partial charge on any atom is -0.337 e. The first-order chi connectivity index (χ1) is 14.8. The fourth-order valence-corrected chi connectivity index (χ4v) is 5.71. The third-order valence-electron chi connectivity index (χ3n) is 6.41. The van der Waals surface area contributed by atoms with Crippen molar-refractivity contribution in [1.29, 1.82) is 5.26 Å². The monoisotopic (exact) mass is 446 g/mol. The number of hydrogen-bond donors (Lipinski definition) is 2. The van der Waals surface area contributed by atoms with Gasteiger partial charge in [-0.15, -0.1) is 0 Å². The lowest BCUT2D eigenvalue weighted by Gasteiger charge is -2.33. The number of piperidine rings is 1. The summed E-state index contributed by atoms with van der Waals surface area (Å²) in [5, 5.41) is 12.7. The second kappa shape index (κ2) is 10.6. The fourth-order valence-electron chi connectivity index (χ4n) is 4.60. The minimum atomic E-state index is -3.53. The average Bonchev–Trinajstić information content (AvgIpc) is 2.99. The molecule has 1 saturated heterocycles. The van der Waals surface area contributed by atoms with Crippen LogP contribution in [-0.4, -0.2) is 50.9 Å². The highest BCUT2D eigenvalue weighted by Crippen LogP contribution is 2.26. The Balaban J connectivity index is 1.50. The molecule has 3 rings (SSSR count). The molecule has 1 heterocycles. The lowest BCUT2D eigenvalue weighted by atomic mass is 9.91. The van der Waals surface area contributed by atoms with E-state index in [-0.39, 0.29) is 23.3 Å². The second-order valence-corrected chi connectivity index (χ2v) is 10.8. The van der Waals surface area contributed by atoms with Crippen molar-refractivity contribution in [2.45, 2.75) is 68.7 Å². The highest BCUT2D eigenvalue weighted by Gasteiger charge is 2.33. The van der Waals surface area contributed by atoms with E-state index in [4.69, 9.17) is 0 Å². The van der Waals surface area contributed by atoms with Gasteiger partial charge in [-0.25, -0.2) is 13.1 Å². The molecule has 2 N–H and O–H groups in total. The van der Waals surface area contributed by atoms with Crippen LogP contribution in [0.25, 0.3) is 0 Å². The lowest BCUT2D eigenvalue weighted by Crippen LogP contribution is -2.52. The molecule has 1 unspecified atom stereocenters. The molecule has 8 heteroatoms. The lowest BCUT2D eigenvalue weighted by molar-refractivity contribution is -0.124. The summed E-state index contributed by atoms with van der Waals surface area (Å²) in [6.07, 6.45) is 7.47. The zero-order valence-electron chi connectivity index (χ0n) is 18.4. The summed E-state index contributed by atoms with van der Waals surface area (Å²) >= 11 is 0. The molecule has 31 heavy (non-hydrogen) atoms. The van der Waals surface area contributed by atoms with E-state index in [1.807, 2.05) is 6.92 Å². The van der Waals surface area contributed by atoms with Gasteiger partial charge in [0, 0.05) is 13.1 Å². The Labute approximate surface area is 186 Å². The molecule has 170 valence electrons. The van der Waals surface area contributed by atoms with Crippen molar-refractivity contribution in [1.82, 2.24) is 14.9 Å². The van der Waals surface area contributed by atoms with Gasteiger partial charge in [-0.1, -0.05) is 43.4 Å². The van der Waals surface area contributed by atoms with Gasteiger partial charge < -0.3 is 5.32 Å². The van der Waals surface area contributed by atoms with E-state index in [0.717, 1.165) is 63.5 Å². The molecule has 0 aromatic heterocycles. The van der Waals surface area contributed by atoms with Crippen LogP contribution in [0.15, 0.2) is 29.2 Å². The summed E-state index contributed by atoms with van der Waals surface area (Å²) < 4.78 is 27.8. The number of carbonyl (C=O) groups is 1. The van der Waals surface area contributed by atoms with Crippen molar-refractivity contribution in [3.63, 3.8) is 0 Å². The molecule has 0 radical (unpaired) electrons. The fraction of sp³-hybridized carbons (Fsp3) is 0.652. The molecule has 1 aromatic rings. The molecule has 1 aliphatic carbocycles. The molecule has 1 atom stereocenters. The molecule has 0 bridgehead atoms. The van der Waals surface area contributed by atoms with Gasteiger partial charge in [0.1, 0.15) is 5.54 Å². The van der Waals surface area contributed by atoms with Crippen LogP contribution in [0.3, 0.4) is 0 Å². The molecule has 1 saturated carbocycles. The number of nitrogens with one attached hydrogen (secondary N) is 2. The number of hydrogen-bond acceptors (Lipinski definition) is 5. The first-order valence-electron chi connectivity index (χ1n) is 11.3. The summed E-state index contributed by atoms with van der Waals surface area (Å²) in [7, 11) is -3.53. The number of rotatable bonds is 7. The van der Waals surface area contributed by atoms with Crippen LogP contribution in [0.4, 0.5) is 0 Å². The molecule has 2 fully saturated rings. The summed E-state index contributed by atoms with van der Waals surface area (Å²) in [4.78, 5) is 15.0. The van der Waals surface area contributed by atoms with Crippen LogP contribution in [0.2, 0.25) is 0 Å². The van der Waals surface area contributed by atoms with Crippen LogP contribution in [0.1, 0.15) is 56.9 Å². The van der Waals surface area contributed by atoms with E-state index in [2.05, 4.69) is 21.0 Å². The van der Waals surface area contributed by atoms with Gasteiger partial charge in [0.2, 0.25) is 15.9 Å². The Kier molecular flexibility index (Phi) is 8.09. The number of benzene rings is 1. The molecule has 1 aromatic carbocycles. The van der Waals surface area contributed by atoms with E-state index in [1.54, 1.807) is 24.3 Å². The number of carbonyl (C=O) groups excluding carboxylic acids is 1. The number of amides is 1. The zero-order chi connectivity index (χ0) is 22.3. The van der Waals surface area contributed by atoms with Crippen molar-refractivity contribution < 1.29 is 13.2 Å². The van der Waals surface area contributed by atoms with Gasteiger partial charge in [0.05, 0.1) is 17.5 Å². The number of nitrogens with zero attached hydrogens (tertiary/aromatic N) is 2. The Morgan fingerprint density at radius 2 is 1.84 bits per heavy atom. The van der Waals surface area contributed by atoms with Gasteiger partial charge >= 0.3 is 0 Å². The Hall–Kier alpha value is -1.95. The normalized spacial score (nSPS) is 22.3. The van der Waals surface area contributed by atoms with Crippen molar-refractivity contribution in [3.05, 3.63) is 29.8 Å². The molecule has 7 nitrogen and oxygen atoms in total. The highest BCUT2D eigenvalue weighted by atomic mass is 32.2. The standard InChI is InChI=1S/C23H34N4O3S/c1-19-8-10-21(11-9-19)31(29,30)25-15-20-7-6-14-27(16-20)17-22(28)26-23(18-24)12-4-2-3-5-13-23/h8-11,20,25H,2-7,12-17H2,1H3,(H,26,28). The van der Waals surface area contributed by atoms with Gasteiger partial charge in [-0.2, -0.15) is 5.26 Å². The summed E-state index contributed by atoms with van der Waals surface area (Å²) in [6.45, 7) is 4.02. The van der Waals surface area contributed by atoms with E-state index >= 15 is 0 Å². The topological polar surface area (TPSA) is 102 Å². The highest BCUT2D eigenvalue weighted by molar-refractivity contribution is 7.89. The average molecular weight is 447 g/mol. The van der Waals surface area contributed by atoms with Crippen molar-refractivity contribution in [3.8, 4) is 6.07 Å². The molecule has 0 spiro atoms. The van der Waals surface area contributed by atoms with Crippen LogP contribution in [-0.2, 0) is 14.8 Å². The van der Waals surface area contributed by atoms with Gasteiger partial charge in [0.15, 0.2) is 0 Å². The van der Waals surface area contributed by atoms with Crippen LogP contribution < -0.4 is 10.0 Å². The van der Waals surface area contributed by atoms with E-state index in [1.165, 1.54) is 0 Å². The second-order valence-electron chi connectivity index (χ2n) is 9.06. The number of likely N-dealkylation sites (tertiary alicyclic amines) is 1. The third kappa shape index (κ3) is 6.76. The summed E-state index contributed by atoms with van der Waals surface area (Å²) in [5.41, 5.74) is 0.286. The molecular weight excluding hydrogens is 412 g/mol. The summed E-state index contributed by atoms with van der Waals surface area (Å²) in [6, 6.07) is 9.18. The largest absolute Gasteiger partial charge is 0.337 e. The van der Waals surface area contributed by atoms with Crippen molar-refractivity contribution in [2.24, 2.45) is 5.92 Å². The van der Waals surface area contributed by atoms with E-state index in [0.29, 0.717) is 13.1 Å². The predicted octanol–water partition coefficient (Wildman–Crippen LogP) is 2.72. The smallest absolute Gasteiger partial charge is 0.240 e. The quantitative estimate of drug-likeness (QED) is 0.627. The van der Waals surface area contributed by atoms with Crippen molar-refractivity contribution >= 4 is 15.9 Å². The number of nitriles is 1. The molecular formula is C23H34N4O3S. The first-order valence-corrected chi connectivity index (χ1v) is 12.8. The van der Waals surface area contributed by atoms with Gasteiger partial charge in [-0.05, 0) is 57.2 Å². The maximum absolute atomic E-state index is 12.7. The SMILES string of the molecule is Cc1ccc(S(=O)(=O)NCC2CCCN(CC(=O)NC3(C#N)CCCCCC3)C2)cc1. The molecule has 1 amide bonds. The Morgan fingerprint density at radius 1 is 1.16 bits per heavy atom. The van der Waals surface area contributed by atoms with Crippen LogP contribution in [0, 0.1) is 24.2 Å². The number of aryl methyl sites for hydroxylation is 1. The van der Waals surface area contributed by atoms with Crippen LogP contribution >= 0.6 is 0 Å². The van der Waals surface area contributed by atoms with Gasteiger partial charge in [-0.3, -0.25) is 9.69 Å². The third-order valence-corrected chi connectivity index (χ3v) is 7.85. The summed E-state index contributed by atoms with van der Waals surface area (Å²) in [5.74, 6) is 0.0499. The number of sulfonamides is 1. The molecule has 2 aliphatic rings. The van der Waals surface area contributed by atoms with Gasteiger partial charge in [0.25, 0.3) is 0 Å². The minimum absolute atomic E-state index is 0.107. The zero-order valence-corrected chi connectivity index (χ0v) is 19.2. The van der Waals surface area contributed by atoms with E-state index in [9.17, 15) is 18.5 Å². The Bertz CT molecular complexity index is 884. The Morgan fingerprint density at radius 3 is 2.48 bits per heavy atom. The first kappa shape index (κ1) is 23.7. The van der Waals surface area contributed by atoms with E-state index < -0.39 is 15.6 Å².